The Bertz CT molecular complexity index is 534. The second-order valence-electron chi connectivity index (χ2n) is 4.60. The van der Waals surface area contributed by atoms with Crippen molar-refractivity contribution in [3.05, 3.63) is 52.3 Å². The molecule has 1 heterocycles. The number of hydrogen-bond donors (Lipinski definition) is 1. The first-order chi connectivity index (χ1) is 9.17. The quantitative estimate of drug-likeness (QED) is 0.911. The normalized spacial score (nSPS) is 12.6. The van der Waals surface area contributed by atoms with Gasteiger partial charge < -0.3 is 5.73 Å². The fourth-order valence-electron chi connectivity index (χ4n) is 2.24. The second kappa shape index (κ2) is 6.22. The Morgan fingerprint density at radius 1 is 1.26 bits per heavy atom. The number of benzene rings is 1. The summed E-state index contributed by atoms with van der Waals surface area (Å²) in [6, 6.07) is 10.1. The zero-order valence-electron chi connectivity index (χ0n) is 11.4. The van der Waals surface area contributed by atoms with Crippen molar-refractivity contribution in [1.82, 2.24) is 9.78 Å². The first-order valence-electron chi connectivity index (χ1n) is 6.71. The number of nitrogens with two attached hydrogens (primary N) is 1. The summed E-state index contributed by atoms with van der Waals surface area (Å²) >= 11 is 6.40. The maximum absolute atomic E-state index is 6.40. The van der Waals surface area contributed by atoms with Crippen molar-refractivity contribution in [2.75, 3.05) is 0 Å². The van der Waals surface area contributed by atoms with E-state index in [2.05, 4.69) is 18.9 Å². The Morgan fingerprint density at radius 2 is 1.95 bits per heavy atom. The van der Waals surface area contributed by atoms with Gasteiger partial charge in [0.1, 0.15) is 0 Å². The van der Waals surface area contributed by atoms with E-state index in [1.807, 2.05) is 35.0 Å². The predicted octanol–water partition coefficient (Wildman–Crippen LogP) is 3.36. The fraction of sp³-hybridized carbons (Fsp3) is 0.400. The van der Waals surface area contributed by atoms with Crippen molar-refractivity contribution < 1.29 is 0 Å². The van der Waals surface area contributed by atoms with E-state index < -0.39 is 0 Å². The van der Waals surface area contributed by atoms with Crippen LogP contribution in [-0.2, 0) is 19.4 Å². The molecule has 2 aromatic rings. The van der Waals surface area contributed by atoms with Gasteiger partial charge >= 0.3 is 0 Å². The van der Waals surface area contributed by atoms with E-state index in [1.165, 1.54) is 0 Å². The number of hydrogen-bond acceptors (Lipinski definition) is 2. The zero-order chi connectivity index (χ0) is 13.8. The molecule has 2 N–H and O–H groups in total. The number of rotatable bonds is 5. The minimum Gasteiger partial charge on any atom is -0.324 e. The lowest BCUT2D eigenvalue weighted by molar-refractivity contribution is 0.585. The lowest BCUT2D eigenvalue weighted by Gasteiger charge is -2.13. The van der Waals surface area contributed by atoms with E-state index in [0.29, 0.717) is 6.42 Å². The molecule has 0 amide bonds. The average Bonchev–Trinajstić information content (AvgIpc) is 2.76. The van der Waals surface area contributed by atoms with Gasteiger partial charge in [0.2, 0.25) is 0 Å². The van der Waals surface area contributed by atoms with E-state index in [-0.39, 0.29) is 6.04 Å². The van der Waals surface area contributed by atoms with Crippen molar-refractivity contribution in [2.24, 2.45) is 5.73 Å². The Kier molecular flexibility index (Phi) is 4.61. The molecule has 1 atom stereocenters. The molecule has 0 bridgehead atoms. The van der Waals surface area contributed by atoms with Gasteiger partial charge in [-0.05, 0) is 18.9 Å². The van der Waals surface area contributed by atoms with Crippen molar-refractivity contribution >= 4 is 11.6 Å². The standard InChI is InChI=1S/C15H20ClN3/c1-3-13-15(16)14(19(4-2)18-13)10-12(17)11-8-6-5-7-9-11/h5-9,12H,3-4,10,17H2,1-2H3. The van der Waals surface area contributed by atoms with Crippen LogP contribution < -0.4 is 5.73 Å². The number of aryl methyl sites for hydroxylation is 2. The summed E-state index contributed by atoms with van der Waals surface area (Å²) in [5.41, 5.74) is 9.39. The molecule has 0 aliphatic carbocycles. The van der Waals surface area contributed by atoms with E-state index in [4.69, 9.17) is 17.3 Å². The summed E-state index contributed by atoms with van der Waals surface area (Å²) in [5.74, 6) is 0. The summed E-state index contributed by atoms with van der Waals surface area (Å²) in [6.07, 6.45) is 1.56. The Morgan fingerprint density at radius 3 is 2.53 bits per heavy atom. The molecule has 0 aliphatic heterocycles. The van der Waals surface area contributed by atoms with Gasteiger partial charge in [-0.25, -0.2) is 0 Å². The molecule has 1 aromatic carbocycles. The van der Waals surface area contributed by atoms with Crippen LogP contribution in [0.25, 0.3) is 0 Å². The minimum atomic E-state index is -0.0505. The van der Waals surface area contributed by atoms with E-state index in [9.17, 15) is 0 Å². The van der Waals surface area contributed by atoms with Crippen molar-refractivity contribution in [1.29, 1.82) is 0 Å². The Labute approximate surface area is 119 Å². The SMILES string of the molecule is CCc1nn(CC)c(CC(N)c2ccccc2)c1Cl. The largest absolute Gasteiger partial charge is 0.324 e. The molecule has 4 heteroatoms. The number of halogens is 1. The number of nitrogens with zero attached hydrogens (tertiary/aromatic N) is 2. The zero-order valence-corrected chi connectivity index (χ0v) is 12.2. The average molecular weight is 278 g/mol. The first kappa shape index (κ1) is 14.1. The van der Waals surface area contributed by atoms with Gasteiger partial charge in [-0.1, -0.05) is 48.9 Å². The lowest BCUT2D eigenvalue weighted by Crippen LogP contribution is -2.16. The van der Waals surface area contributed by atoms with Gasteiger partial charge in [-0.15, -0.1) is 0 Å². The highest BCUT2D eigenvalue weighted by molar-refractivity contribution is 6.31. The van der Waals surface area contributed by atoms with Crippen LogP contribution in [0.3, 0.4) is 0 Å². The van der Waals surface area contributed by atoms with E-state index >= 15 is 0 Å². The molecule has 0 radical (unpaired) electrons. The molecule has 0 saturated carbocycles. The first-order valence-corrected chi connectivity index (χ1v) is 7.09. The molecule has 0 fully saturated rings. The topological polar surface area (TPSA) is 43.8 Å². The molecule has 3 nitrogen and oxygen atoms in total. The maximum atomic E-state index is 6.40. The maximum Gasteiger partial charge on any atom is 0.0850 e. The molecular formula is C15H20ClN3. The molecule has 0 aliphatic rings. The fourth-order valence-corrected chi connectivity index (χ4v) is 2.58. The van der Waals surface area contributed by atoms with Crippen LogP contribution in [0.4, 0.5) is 0 Å². The monoisotopic (exact) mass is 277 g/mol. The number of aromatic nitrogens is 2. The lowest BCUT2D eigenvalue weighted by atomic mass is 10.0. The van der Waals surface area contributed by atoms with Gasteiger partial charge in [0, 0.05) is 19.0 Å². The van der Waals surface area contributed by atoms with Crippen LogP contribution >= 0.6 is 11.6 Å². The summed E-state index contributed by atoms with van der Waals surface area (Å²) in [4.78, 5) is 0. The molecule has 0 saturated heterocycles. The van der Waals surface area contributed by atoms with Crippen LogP contribution in [-0.4, -0.2) is 9.78 Å². The highest BCUT2D eigenvalue weighted by atomic mass is 35.5. The van der Waals surface area contributed by atoms with Crippen molar-refractivity contribution in [2.45, 2.75) is 39.3 Å². The van der Waals surface area contributed by atoms with Gasteiger partial charge in [-0.2, -0.15) is 5.10 Å². The third-order valence-corrected chi connectivity index (χ3v) is 3.77. The van der Waals surface area contributed by atoms with E-state index in [0.717, 1.165) is 34.9 Å². The molecule has 102 valence electrons. The Hall–Kier alpha value is -1.32. The smallest absolute Gasteiger partial charge is 0.0850 e. The Balaban J connectivity index is 2.26. The molecule has 2 rings (SSSR count). The van der Waals surface area contributed by atoms with Crippen LogP contribution in [0.5, 0.6) is 0 Å². The highest BCUT2D eigenvalue weighted by Gasteiger charge is 2.17. The van der Waals surface area contributed by atoms with E-state index in [1.54, 1.807) is 0 Å². The van der Waals surface area contributed by atoms with Gasteiger partial charge in [0.15, 0.2) is 0 Å². The van der Waals surface area contributed by atoms with Crippen LogP contribution in [0.15, 0.2) is 30.3 Å². The predicted molar refractivity (Wildman–Crippen MR) is 79.4 cm³/mol. The van der Waals surface area contributed by atoms with Crippen molar-refractivity contribution in [3.63, 3.8) is 0 Å². The van der Waals surface area contributed by atoms with Crippen molar-refractivity contribution in [3.8, 4) is 0 Å². The highest BCUT2D eigenvalue weighted by Crippen LogP contribution is 2.25. The molecule has 0 spiro atoms. The van der Waals surface area contributed by atoms with Gasteiger partial charge in [0.05, 0.1) is 16.4 Å². The summed E-state index contributed by atoms with van der Waals surface area (Å²) < 4.78 is 1.96. The summed E-state index contributed by atoms with van der Waals surface area (Å²) in [5, 5.41) is 5.30. The summed E-state index contributed by atoms with van der Waals surface area (Å²) in [6.45, 7) is 4.95. The summed E-state index contributed by atoms with van der Waals surface area (Å²) in [7, 11) is 0. The molecule has 1 aromatic heterocycles. The second-order valence-corrected chi connectivity index (χ2v) is 4.98. The molecular weight excluding hydrogens is 258 g/mol. The van der Waals surface area contributed by atoms with Crippen LogP contribution in [0.1, 0.15) is 36.8 Å². The van der Waals surface area contributed by atoms with Crippen LogP contribution in [0.2, 0.25) is 5.02 Å². The molecule has 19 heavy (non-hydrogen) atoms. The van der Waals surface area contributed by atoms with Gasteiger partial charge in [-0.3, -0.25) is 4.68 Å². The third-order valence-electron chi connectivity index (χ3n) is 3.34. The van der Waals surface area contributed by atoms with Gasteiger partial charge in [0.25, 0.3) is 0 Å². The van der Waals surface area contributed by atoms with Crippen LogP contribution in [0, 0.1) is 0 Å². The molecule has 1 unspecified atom stereocenters. The third kappa shape index (κ3) is 2.99. The minimum absolute atomic E-state index is 0.0505.